The Bertz CT molecular complexity index is 470. The van der Waals surface area contributed by atoms with Crippen LogP contribution in [0.4, 0.5) is 0 Å². The maximum atomic E-state index is 10.1. The molecule has 2 aliphatic heterocycles. The van der Waals surface area contributed by atoms with Gasteiger partial charge < -0.3 is 29.2 Å². The van der Waals surface area contributed by atoms with E-state index in [0.717, 1.165) is 12.8 Å². The average molecular weight is 419 g/mol. The summed E-state index contributed by atoms with van der Waals surface area (Å²) in [5.41, 5.74) is 0. The van der Waals surface area contributed by atoms with Crippen LogP contribution in [0.5, 0.6) is 0 Å². The zero-order valence-corrected chi connectivity index (χ0v) is 20.0. The van der Waals surface area contributed by atoms with Crippen LogP contribution in [0.3, 0.4) is 0 Å². The minimum absolute atomic E-state index is 0.291. The van der Waals surface area contributed by atoms with E-state index in [0.29, 0.717) is 11.6 Å². The summed E-state index contributed by atoms with van der Waals surface area (Å²) in [6, 6.07) is 0. The fourth-order valence-electron chi connectivity index (χ4n) is 2.55. The third-order valence-electron chi connectivity index (χ3n) is 5.72. The molecule has 7 heteroatoms. The van der Waals surface area contributed by atoms with E-state index in [1.807, 2.05) is 6.08 Å². The Morgan fingerprint density at radius 3 is 2.14 bits per heavy atom. The van der Waals surface area contributed by atoms with Crippen molar-refractivity contribution < 1.29 is 29.2 Å². The summed E-state index contributed by atoms with van der Waals surface area (Å²) in [5, 5.41) is 20.0. The number of hydrogen-bond acceptors (Lipinski definition) is 6. The second-order valence-corrected chi connectivity index (χ2v) is 16.1. The van der Waals surface area contributed by atoms with Crippen molar-refractivity contribution in [1.29, 1.82) is 0 Å². The number of unbranched alkanes of at least 4 members (excludes halogenated alkanes) is 1. The Hall–Kier alpha value is -0.283. The van der Waals surface area contributed by atoms with E-state index in [-0.39, 0.29) is 6.61 Å². The molecular weight excluding hydrogens is 376 g/mol. The van der Waals surface area contributed by atoms with Crippen molar-refractivity contribution in [2.24, 2.45) is 0 Å². The van der Waals surface area contributed by atoms with Crippen molar-refractivity contribution in [3.63, 3.8) is 0 Å². The van der Waals surface area contributed by atoms with Gasteiger partial charge in [-0.05, 0) is 31.7 Å². The molecule has 5 atom stereocenters. The molecule has 2 fully saturated rings. The second kappa shape index (κ2) is 10.2. The van der Waals surface area contributed by atoms with Gasteiger partial charge in [0.25, 0.3) is 0 Å². The van der Waals surface area contributed by atoms with Gasteiger partial charge in [0, 0.05) is 8.07 Å². The van der Waals surface area contributed by atoms with Gasteiger partial charge in [0.2, 0.25) is 0 Å². The number of rotatable bonds is 6. The number of fused-ring (bicyclic) bond motifs is 1. The average Bonchev–Trinajstić information content (AvgIpc) is 2.88. The van der Waals surface area contributed by atoms with E-state index in [1.54, 1.807) is 13.8 Å². The highest BCUT2D eigenvalue weighted by molar-refractivity contribution is 6.78. The van der Waals surface area contributed by atoms with Crippen molar-refractivity contribution >= 4 is 8.07 Å². The molecule has 0 aliphatic carbocycles. The summed E-state index contributed by atoms with van der Waals surface area (Å²) in [4.78, 5) is 0. The van der Waals surface area contributed by atoms with Gasteiger partial charge in [0.15, 0.2) is 12.1 Å². The fraction of sp³-hybridized carbons (Fsp3) is 0.905. The first-order chi connectivity index (χ1) is 12.7. The summed E-state index contributed by atoms with van der Waals surface area (Å²) in [6.45, 7) is 21.6. The van der Waals surface area contributed by atoms with Crippen molar-refractivity contribution in [1.82, 2.24) is 0 Å². The predicted octanol–water partition coefficient (Wildman–Crippen LogP) is 3.69. The highest BCUT2D eigenvalue weighted by Gasteiger charge is 2.55. The Balaban J connectivity index is 0.000000416. The number of allylic oxidation sites excluding steroid dienone is 1. The van der Waals surface area contributed by atoms with Crippen LogP contribution in [-0.2, 0) is 18.9 Å². The summed E-state index contributed by atoms with van der Waals surface area (Å²) < 4.78 is 22.7. The van der Waals surface area contributed by atoms with E-state index >= 15 is 0 Å². The first-order valence-electron chi connectivity index (χ1n) is 10.3. The van der Waals surface area contributed by atoms with Crippen LogP contribution in [0.1, 0.15) is 47.5 Å². The minimum atomic E-state index is -0.931. The van der Waals surface area contributed by atoms with Gasteiger partial charge in [-0.3, -0.25) is 0 Å². The Kier molecular flexibility index (Phi) is 9.34. The van der Waals surface area contributed by atoms with E-state index in [1.165, 1.54) is 0 Å². The molecule has 0 radical (unpaired) electrons. The quantitative estimate of drug-likeness (QED) is 0.389. The number of ether oxygens (including phenoxy) is 4. The molecule has 28 heavy (non-hydrogen) atoms. The van der Waals surface area contributed by atoms with Gasteiger partial charge >= 0.3 is 0 Å². The maximum Gasteiger partial charge on any atom is 0.187 e. The van der Waals surface area contributed by atoms with Crippen LogP contribution in [0.25, 0.3) is 0 Å². The maximum absolute atomic E-state index is 10.1. The monoisotopic (exact) mass is 418 g/mol. The molecule has 2 rings (SSSR count). The molecule has 2 aliphatic rings. The lowest BCUT2D eigenvalue weighted by atomic mass is 9.99. The Labute approximate surface area is 172 Å². The molecule has 0 amide bonds. The number of hydrogen-bond donors (Lipinski definition) is 2. The standard InChI is InChI=1S/C14H24O6.C7H18Si/c1-4-5-6-7-17-13-12-11(19-14(2,3)20-12)10(16)9(8-15)18-13;1-7(2,3)8(4,5)6/h4,9-13,15-16H,1,5-8H2,2-3H3;1-6H3/t9-,10-,11+,12+,13+;/m1./s1. The lowest BCUT2D eigenvalue weighted by molar-refractivity contribution is -0.280. The van der Waals surface area contributed by atoms with Crippen molar-refractivity contribution in [3.05, 3.63) is 12.7 Å². The highest BCUT2D eigenvalue weighted by atomic mass is 28.3. The predicted molar refractivity (Wildman–Crippen MR) is 114 cm³/mol. The zero-order valence-electron chi connectivity index (χ0n) is 19.0. The summed E-state index contributed by atoms with van der Waals surface area (Å²) >= 11 is 0. The summed E-state index contributed by atoms with van der Waals surface area (Å²) in [7, 11) is -0.859. The van der Waals surface area contributed by atoms with Crippen molar-refractivity contribution in [2.75, 3.05) is 13.2 Å². The molecular formula is C21H42O6Si. The van der Waals surface area contributed by atoms with Crippen LogP contribution in [0, 0.1) is 0 Å². The summed E-state index contributed by atoms with van der Waals surface area (Å²) in [6.07, 6.45) is 0.163. The molecule has 0 aromatic rings. The molecule has 2 saturated heterocycles. The van der Waals surface area contributed by atoms with Gasteiger partial charge in [0.05, 0.1) is 13.2 Å². The molecule has 0 aromatic carbocycles. The van der Waals surface area contributed by atoms with Crippen molar-refractivity contribution in [2.45, 2.75) is 109 Å². The first-order valence-corrected chi connectivity index (χ1v) is 13.8. The van der Waals surface area contributed by atoms with Gasteiger partial charge in [-0.25, -0.2) is 0 Å². The van der Waals surface area contributed by atoms with E-state index in [2.05, 4.69) is 47.0 Å². The number of aliphatic hydroxyl groups is 2. The minimum Gasteiger partial charge on any atom is -0.394 e. The SMILES string of the molecule is C=CCCCO[C@H]1O[C@H](CO)[C@@H](O)[C@@H]2OC(C)(C)O[C@H]12.CC(C)(C)[Si](C)(C)C. The molecule has 0 aromatic heterocycles. The Morgan fingerprint density at radius 1 is 1.14 bits per heavy atom. The summed E-state index contributed by atoms with van der Waals surface area (Å²) in [5.74, 6) is -0.799. The van der Waals surface area contributed by atoms with Crippen LogP contribution in [-0.4, -0.2) is 68.0 Å². The zero-order chi connectivity index (χ0) is 21.8. The van der Waals surface area contributed by atoms with Crippen molar-refractivity contribution in [3.8, 4) is 0 Å². The lowest BCUT2D eigenvalue weighted by Crippen LogP contribution is -2.58. The van der Waals surface area contributed by atoms with Crippen LogP contribution >= 0.6 is 0 Å². The number of aliphatic hydroxyl groups excluding tert-OH is 2. The van der Waals surface area contributed by atoms with Crippen LogP contribution in [0.15, 0.2) is 12.7 Å². The fourth-order valence-corrected chi connectivity index (χ4v) is 2.55. The van der Waals surface area contributed by atoms with Crippen LogP contribution in [0.2, 0.25) is 24.7 Å². The molecule has 0 bridgehead atoms. The van der Waals surface area contributed by atoms with Gasteiger partial charge in [0.1, 0.15) is 24.4 Å². The van der Waals surface area contributed by atoms with Gasteiger partial charge in [-0.15, -0.1) is 6.58 Å². The molecule has 0 spiro atoms. The van der Waals surface area contributed by atoms with Crippen LogP contribution < -0.4 is 0 Å². The largest absolute Gasteiger partial charge is 0.394 e. The molecule has 166 valence electrons. The molecule has 6 nitrogen and oxygen atoms in total. The Morgan fingerprint density at radius 2 is 1.68 bits per heavy atom. The molecule has 0 saturated carbocycles. The van der Waals surface area contributed by atoms with Gasteiger partial charge in [-0.2, -0.15) is 0 Å². The van der Waals surface area contributed by atoms with Gasteiger partial charge in [-0.1, -0.05) is 46.5 Å². The third-order valence-corrected chi connectivity index (χ3v) is 10.2. The molecule has 2 N–H and O–H groups in total. The second-order valence-electron chi connectivity index (χ2n) is 10.1. The smallest absolute Gasteiger partial charge is 0.187 e. The van der Waals surface area contributed by atoms with E-state index < -0.39 is 44.6 Å². The normalized spacial score (nSPS) is 32.3. The molecule has 0 unspecified atom stereocenters. The lowest BCUT2D eigenvalue weighted by Gasteiger charge is -2.39. The first kappa shape index (κ1) is 25.8. The van der Waals surface area contributed by atoms with E-state index in [9.17, 15) is 10.2 Å². The molecule has 2 heterocycles. The topological polar surface area (TPSA) is 77.4 Å². The highest BCUT2D eigenvalue weighted by Crippen LogP contribution is 2.38. The third kappa shape index (κ3) is 7.20. The van der Waals surface area contributed by atoms with E-state index in [4.69, 9.17) is 18.9 Å².